The van der Waals surface area contributed by atoms with Gasteiger partial charge in [-0.05, 0) is 39.5 Å². The van der Waals surface area contributed by atoms with E-state index in [0.717, 1.165) is 20.9 Å². The third-order valence-electron chi connectivity index (χ3n) is 2.24. The van der Waals surface area contributed by atoms with Crippen LogP contribution in [-0.2, 0) is 11.3 Å². The molecular formula is C12H12BrN3OS. The first kappa shape index (κ1) is 13.0. The Kier molecular flexibility index (Phi) is 4.33. The van der Waals surface area contributed by atoms with Crippen molar-refractivity contribution in [3.05, 3.63) is 39.3 Å². The molecule has 0 aromatic carbocycles. The molecule has 0 aliphatic heterocycles. The minimum Gasteiger partial charge on any atom is -0.379 e. The zero-order chi connectivity index (χ0) is 13.0. The number of amides is 1. The van der Waals surface area contributed by atoms with Crippen molar-refractivity contribution < 1.29 is 4.79 Å². The average molecular weight is 326 g/mol. The molecule has 2 rings (SSSR count). The van der Waals surface area contributed by atoms with Gasteiger partial charge in [0.15, 0.2) is 0 Å². The minimum absolute atomic E-state index is 0.0556. The Morgan fingerprint density at radius 3 is 2.94 bits per heavy atom. The number of anilines is 2. The maximum Gasteiger partial charge on any atom is 0.221 e. The number of nitrogens with zero attached hydrogens (tertiary/aromatic N) is 1. The normalized spacial score (nSPS) is 10.1. The number of nitrogens with one attached hydrogen (secondary N) is 2. The number of carbonyl (C=O) groups is 1. The van der Waals surface area contributed by atoms with Gasteiger partial charge in [0.1, 0.15) is 4.60 Å². The molecule has 0 spiro atoms. The van der Waals surface area contributed by atoms with Gasteiger partial charge in [0.25, 0.3) is 0 Å². The lowest BCUT2D eigenvalue weighted by atomic mass is 10.3. The van der Waals surface area contributed by atoms with E-state index in [1.165, 1.54) is 6.92 Å². The molecule has 0 fully saturated rings. The maximum absolute atomic E-state index is 11.0. The molecule has 0 saturated heterocycles. The van der Waals surface area contributed by atoms with Crippen molar-refractivity contribution in [2.75, 3.05) is 10.6 Å². The van der Waals surface area contributed by atoms with E-state index in [1.54, 1.807) is 17.5 Å². The summed E-state index contributed by atoms with van der Waals surface area (Å²) in [7, 11) is 0. The molecular weight excluding hydrogens is 314 g/mol. The molecule has 94 valence electrons. The molecule has 0 aliphatic carbocycles. The van der Waals surface area contributed by atoms with E-state index < -0.39 is 0 Å². The van der Waals surface area contributed by atoms with Crippen LogP contribution in [-0.4, -0.2) is 10.9 Å². The van der Waals surface area contributed by atoms with Crippen molar-refractivity contribution in [3.8, 4) is 0 Å². The maximum atomic E-state index is 11.0. The highest BCUT2D eigenvalue weighted by Gasteiger charge is 2.05. The van der Waals surface area contributed by atoms with Gasteiger partial charge in [-0.25, -0.2) is 4.98 Å². The fraction of sp³-hybridized carbons (Fsp3) is 0.167. The van der Waals surface area contributed by atoms with Crippen LogP contribution in [0.25, 0.3) is 0 Å². The highest BCUT2D eigenvalue weighted by atomic mass is 79.9. The second-order valence-corrected chi connectivity index (χ2v) is 5.47. The molecule has 0 unspecified atom stereocenters. The van der Waals surface area contributed by atoms with Crippen LogP contribution in [0.3, 0.4) is 0 Å². The van der Waals surface area contributed by atoms with Crippen molar-refractivity contribution in [2.24, 2.45) is 0 Å². The number of halogens is 1. The molecule has 0 radical (unpaired) electrons. The summed E-state index contributed by atoms with van der Waals surface area (Å²) in [6.07, 6.45) is 1.76. The second-order valence-electron chi connectivity index (χ2n) is 3.66. The Balaban J connectivity index is 1.99. The first-order valence-electron chi connectivity index (χ1n) is 5.34. The zero-order valence-electron chi connectivity index (χ0n) is 9.74. The third kappa shape index (κ3) is 3.54. The van der Waals surface area contributed by atoms with E-state index in [4.69, 9.17) is 0 Å². The number of rotatable bonds is 4. The van der Waals surface area contributed by atoms with Crippen LogP contribution in [0.1, 0.15) is 11.8 Å². The monoisotopic (exact) mass is 325 g/mol. The first-order chi connectivity index (χ1) is 8.65. The van der Waals surface area contributed by atoms with Crippen LogP contribution >= 0.6 is 27.3 Å². The molecule has 18 heavy (non-hydrogen) atoms. The summed E-state index contributed by atoms with van der Waals surface area (Å²) in [6.45, 7) is 2.17. The van der Waals surface area contributed by atoms with Gasteiger partial charge in [0, 0.05) is 11.8 Å². The smallest absolute Gasteiger partial charge is 0.221 e. The number of hydrogen-bond acceptors (Lipinski definition) is 4. The zero-order valence-corrected chi connectivity index (χ0v) is 12.1. The largest absolute Gasteiger partial charge is 0.379 e. The predicted octanol–water partition coefficient (Wildman–Crippen LogP) is 3.48. The van der Waals surface area contributed by atoms with Crippen LogP contribution < -0.4 is 10.6 Å². The van der Waals surface area contributed by atoms with E-state index in [-0.39, 0.29) is 5.91 Å². The highest BCUT2D eigenvalue weighted by Crippen LogP contribution is 2.23. The summed E-state index contributed by atoms with van der Waals surface area (Å²) in [5.41, 5.74) is 1.81. The molecule has 1 amide bonds. The molecule has 4 nitrogen and oxygen atoms in total. The Morgan fingerprint density at radius 1 is 1.44 bits per heavy atom. The van der Waals surface area contributed by atoms with Gasteiger partial charge < -0.3 is 10.6 Å². The van der Waals surface area contributed by atoms with Crippen LogP contribution in [0.4, 0.5) is 11.4 Å². The van der Waals surface area contributed by atoms with Gasteiger partial charge >= 0.3 is 0 Å². The number of thiophene rings is 1. The Bertz CT molecular complexity index is 539. The Hall–Kier alpha value is -1.40. The van der Waals surface area contributed by atoms with Crippen molar-refractivity contribution in [3.63, 3.8) is 0 Å². The van der Waals surface area contributed by atoms with E-state index in [2.05, 4.69) is 31.5 Å². The molecule has 0 aliphatic rings. The first-order valence-corrected chi connectivity index (χ1v) is 7.02. The van der Waals surface area contributed by atoms with E-state index in [0.29, 0.717) is 6.54 Å². The molecule has 2 N–H and O–H groups in total. The van der Waals surface area contributed by atoms with Gasteiger partial charge in [-0.15, -0.1) is 11.3 Å². The van der Waals surface area contributed by atoms with Crippen molar-refractivity contribution in [2.45, 2.75) is 13.5 Å². The fourth-order valence-electron chi connectivity index (χ4n) is 1.44. The number of aromatic nitrogens is 1. The number of carbonyl (C=O) groups excluding carboxylic acids is 1. The summed E-state index contributed by atoms with van der Waals surface area (Å²) in [5.74, 6) is -0.0556. The molecule has 6 heteroatoms. The van der Waals surface area contributed by atoms with Gasteiger partial charge in [-0.2, -0.15) is 0 Å². The summed E-state index contributed by atoms with van der Waals surface area (Å²) < 4.78 is 0.808. The van der Waals surface area contributed by atoms with E-state index in [1.807, 2.05) is 23.6 Å². The van der Waals surface area contributed by atoms with Crippen LogP contribution in [0.2, 0.25) is 0 Å². The van der Waals surface area contributed by atoms with Crippen LogP contribution in [0.5, 0.6) is 0 Å². The Morgan fingerprint density at radius 2 is 2.28 bits per heavy atom. The van der Waals surface area contributed by atoms with Crippen molar-refractivity contribution in [1.82, 2.24) is 4.98 Å². The lowest BCUT2D eigenvalue weighted by Crippen LogP contribution is -2.08. The van der Waals surface area contributed by atoms with Crippen LogP contribution in [0.15, 0.2) is 34.4 Å². The molecule has 2 aromatic rings. The van der Waals surface area contributed by atoms with Crippen LogP contribution in [0, 0.1) is 0 Å². The lowest BCUT2D eigenvalue weighted by Gasteiger charge is -2.07. The third-order valence-corrected chi connectivity index (χ3v) is 3.63. The van der Waals surface area contributed by atoms with Gasteiger partial charge in [0.05, 0.1) is 24.1 Å². The topological polar surface area (TPSA) is 54.0 Å². The number of pyridine rings is 1. The van der Waals surface area contributed by atoms with Gasteiger partial charge in [-0.1, -0.05) is 0 Å². The molecule has 0 bridgehead atoms. The summed E-state index contributed by atoms with van der Waals surface area (Å²) in [6, 6.07) is 5.73. The summed E-state index contributed by atoms with van der Waals surface area (Å²) >= 11 is 4.90. The average Bonchev–Trinajstić information content (AvgIpc) is 2.75. The molecule has 0 saturated carbocycles. The lowest BCUT2D eigenvalue weighted by molar-refractivity contribution is -0.114. The minimum atomic E-state index is -0.0556. The van der Waals surface area contributed by atoms with Gasteiger partial charge in [-0.3, -0.25) is 4.79 Å². The summed E-state index contributed by atoms with van der Waals surface area (Å²) in [4.78, 5) is 16.3. The molecule has 2 heterocycles. The van der Waals surface area contributed by atoms with Gasteiger partial charge in [0.2, 0.25) is 5.91 Å². The second kappa shape index (κ2) is 5.97. The summed E-state index contributed by atoms with van der Waals surface area (Å²) in [5, 5.41) is 8.03. The quantitative estimate of drug-likeness (QED) is 0.846. The predicted molar refractivity (Wildman–Crippen MR) is 77.9 cm³/mol. The van der Waals surface area contributed by atoms with Crippen molar-refractivity contribution in [1.29, 1.82) is 0 Å². The SMILES string of the molecule is CC(=O)Nc1ccsc1CNc1ccc(Br)nc1. The highest BCUT2D eigenvalue weighted by molar-refractivity contribution is 9.10. The fourth-order valence-corrected chi connectivity index (χ4v) is 2.45. The van der Waals surface area contributed by atoms with Crippen molar-refractivity contribution >= 4 is 44.5 Å². The number of hydrogen-bond donors (Lipinski definition) is 2. The molecule has 0 atom stereocenters. The molecule has 2 aromatic heterocycles. The Labute approximate surface area is 118 Å². The standard InChI is InChI=1S/C12H12BrN3OS/c1-8(17)16-10-4-5-18-11(10)7-14-9-2-3-12(13)15-6-9/h2-6,14H,7H2,1H3,(H,16,17). The van der Waals surface area contributed by atoms with E-state index >= 15 is 0 Å². The van der Waals surface area contributed by atoms with E-state index in [9.17, 15) is 4.79 Å².